The molecule has 10 nitrogen and oxygen atoms in total. The Morgan fingerprint density at radius 2 is 1.78 bits per heavy atom. The van der Waals surface area contributed by atoms with Crippen molar-refractivity contribution in [3.63, 3.8) is 0 Å². The number of carbonyl (C=O) groups is 2. The fourth-order valence-corrected chi connectivity index (χ4v) is 6.97. The molecule has 0 bridgehead atoms. The molecule has 0 fully saturated rings. The van der Waals surface area contributed by atoms with Crippen LogP contribution in [0.3, 0.4) is 0 Å². The summed E-state index contributed by atoms with van der Waals surface area (Å²) < 4.78 is 85.6. The van der Waals surface area contributed by atoms with Crippen molar-refractivity contribution in [2.24, 2.45) is 5.73 Å². The molecule has 0 aliphatic heterocycles. The van der Waals surface area contributed by atoms with Crippen LogP contribution in [0.5, 0.6) is 5.75 Å². The number of thiazole rings is 1. The van der Waals surface area contributed by atoms with E-state index in [-0.39, 0.29) is 41.0 Å². The topological polar surface area (TPSA) is 137 Å². The molecule has 3 aromatic carbocycles. The predicted octanol–water partition coefficient (Wildman–Crippen LogP) is 3.95. The van der Waals surface area contributed by atoms with Gasteiger partial charge in [0.2, 0.25) is 6.33 Å². The van der Waals surface area contributed by atoms with E-state index in [0.717, 1.165) is 29.0 Å². The summed E-state index contributed by atoms with van der Waals surface area (Å²) in [5.41, 5.74) is 6.32. The summed E-state index contributed by atoms with van der Waals surface area (Å²) in [6.45, 7) is 6.27. The van der Waals surface area contributed by atoms with Gasteiger partial charge in [-0.15, -0.1) is 16.0 Å². The lowest BCUT2D eigenvalue weighted by molar-refractivity contribution is -0.689. The van der Waals surface area contributed by atoms with Crippen LogP contribution in [0.4, 0.5) is 22.0 Å². The summed E-state index contributed by atoms with van der Waals surface area (Å²) in [5.74, 6) is -6.28. The van der Waals surface area contributed by atoms with Crippen molar-refractivity contribution in [2.45, 2.75) is 77.4 Å². The number of hydrogen-bond donors (Lipinski definition) is 1. The summed E-state index contributed by atoms with van der Waals surface area (Å²) in [7, 11) is 0. The Kier molecular flexibility index (Phi) is 13.7. The van der Waals surface area contributed by atoms with Gasteiger partial charge >= 0.3 is 18.1 Å². The lowest BCUT2D eigenvalue weighted by atomic mass is 9.81. The summed E-state index contributed by atoms with van der Waals surface area (Å²) in [6.07, 6.45) is -2.20. The van der Waals surface area contributed by atoms with E-state index in [0.29, 0.717) is 46.2 Å². The molecular formula is C38H36BrF5N6O4S. The molecule has 0 amide bonds. The minimum atomic E-state index is -5.49. The molecule has 0 saturated heterocycles. The van der Waals surface area contributed by atoms with E-state index in [4.69, 9.17) is 20.5 Å². The molecule has 17 heteroatoms. The van der Waals surface area contributed by atoms with Gasteiger partial charge in [-0.05, 0) is 63.1 Å². The number of nitrogens with zero attached hydrogens (tertiary/aromatic N) is 5. The van der Waals surface area contributed by atoms with Crippen molar-refractivity contribution in [2.75, 3.05) is 0 Å². The van der Waals surface area contributed by atoms with E-state index in [1.54, 1.807) is 48.1 Å². The second-order valence-corrected chi connectivity index (χ2v) is 13.9. The Bertz CT molecular complexity index is 2200. The van der Waals surface area contributed by atoms with E-state index in [2.05, 4.69) is 10.1 Å². The smallest absolute Gasteiger partial charge is 0.490 e. The van der Waals surface area contributed by atoms with Gasteiger partial charge in [-0.2, -0.15) is 18.4 Å². The molecule has 0 radical (unpaired) electrons. The number of aryl methyl sites for hydroxylation is 2. The van der Waals surface area contributed by atoms with Gasteiger partial charge in [-0.1, -0.05) is 30.7 Å². The molecule has 5 rings (SSSR count). The third kappa shape index (κ3) is 10.2. The molecule has 5 aromatic rings. The number of nitriles is 1. The third-order valence-electron chi connectivity index (χ3n) is 8.69. The Morgan fingerprint density at radius 3 is 2.42 bits per heavy atom. The van der Waals surface area contributed by atoms with Crippen molar-refractivity contribution in [3.8, 4) is 23.1 Å². The standard InChI is InChI=1S/C38H36F5N6O4S.BrH/c1-22-13-23(2)34(52-33(50)12-5-24(3)45)28(14-22)17-48-20-46-49(21-48)19-37(53-36(51)38(41,42)43,30-11-10-29(39)15-31(30)40)25(4)35-47-32(18-54-35)27-8-6-26(16-44)7-9-27;/h6-11,13-15,18,20-21,24-25H,5,12,17,19,45H2,1-4H3;1H/q+1;/p-1. The Hall–Kier alpha value is -5.05. The zero-order valence-electron chi connectivity index (χ0n) is 30.0. The highest BCUT2D eigenvalue weighted by Crippen LogP contribution is 2.45. The van der Waals surface area contributed by atoms with Gasteiger partial charge in [0.25, 0.3) is 6.33 Å². The number of rotatable bonds is 13. The van der Waals surface area contributed by atoms with Crippen LogP contribution in [0, 0.1) is 36.8 Å². The van der Waals surface area contributed by atoms with E-state index in [1.165, 1.54) is 24.3 Å². The second-order valence-electron chi connectivity index (χ2n) is 13.1. The molecule has 3 atom stereocenters. The van der Waals surface area contributed by atoms with Gasteiger partial charge in [0.15, 0.2) is 5.60 Å². The fourth-order valence-electron chi connectivity index (χ4n) is 6.00. The minimum Gasteiger partial charge on any atom is -1.00 e. The van der Waals surface area contributed by atoms with E-state index in [1.807, 2.05) is 25.1 Å². The van der Waals surface area contributed by atoms with Crippen LogP contribution in [0.1, 0.15) is 65.4 Å². The molecule has 2 heterocycles. The van der Waals surface area contributed by atoms with Crippen LogP contribution in [0.25, 0.3) is 11.3 Å². The number of alkyl halides is 3. The molecule has 0 spiro atoms. The largest absolute Gasteiger partial charge is 1.00 e. The number of hydrogen-bond acceptors (Lipinski definition) is 9. The van der Waals surface area contributed by atoms with Gasteiger partial charge in [-0.3, -0.25) is 4.79 Å². The summed E-state index contributed by atoms with van der Waals surface area (Å²) in [4.78, 5) is 30.0. The average Bonchev–Trinajstić information content (AvgIpc) is 3.78. The number of aromatic nitrogens is 4. The third-order valence-corrected chi connectivity index (χ3v) is 9.72. The normalized spacial score (nSPS) is 13.5. The van der Waals surface area contributed by atoms with Crippen LogP contribution < -0.4 is 32.0 Å². The molecule has 3 unspecified atom stereocenters. The molecule has 2 aromatic heterocycles. The number of carbonyl (C=O) groups excluding carboxylic acids is 2. The average molecular weight is 848 g/mol. The molecule has 2 N–H and O–H groups in total. The van der Waals surface area contributed by atoms with Crippen LogP contribution in [0.15, 0.2) is 72.6 Å². The van der Waals surface area contributed by atoms with Crippen LogP contribution in [-0.4, -0.2) is 38.9 Å². The lowest BCUT2D eigenvalue weighted by Crippen LogP contribution is -3.00. The van der Waals surface area contributed by atoms with Crippen molar-refractivity contribution in [1.82, 2.24) is 14.8 Å². The summed E-state index contributed by atoms with van der Waals surface area (Å²) in [5, 5.41) is 15.3. The van der Waals surface area contributed by atoms with Crippen LogP contribution >= 0.6 is 11.3 Å². The molecular weight excluding hydrogens is 811 g/mol. The zero-order chi connectivity index (χ0) is 39.4. The van der Waals surface area contributed by atoms with E-state index >= 15 is 4.39 Å². The summed E-state index contributed by atoms with van der Waals surface area (Å²) in [6, 6.07) is 14.2. The second kappa shape index (κ2) is 17.6. The maximum Gasteiger partial charge on any atom is 0.490 e. The number of ether oxygens (including phenoxy) is 2. The van der Waals surface area contributed by atoms with Gasteiger partial charge < -0.3 is 32.2 Å². The van der Waals surface area contributed by atoms with E-state index < -0.39 is 53.4 Å². The highest BCUT2D eigenvalue weighted by atomic mass is 79.9. The number of nitrogens with two attached hydrogens (primary N) is 1. The first kappa shape index (κ1) is 42.7. The Morgan fingerprint density at radius 1 is 1.07 bits per heavy atom. The number of esters is 2. The van der Waals surface area contributed by atoms with Gasteiger partial charge in [0.1, 0.15) is 28.9 Å². The number of halogens is 6. The van der Waals surface area contributed by atoms with Gasteiger partial charge in [0, 0.05) is 45.7 Å². The predicted molar refractivity (Wildman–Crippen MR) is 187 cm³/mol. The van der Waals surface area contributed by atoms with Crippen LogP contribution in [-0.2, 0) is 33.0 Å². The zero-order valence-corrected chi connectivity index (χ0v) is 32.4. The van der Waals surface area contributed by atoms with Gasteiger partial charge in [-0.25, -0.2) is 23.1 Å². The quantitative estimate of drug-likeness (QED) is 0.0815. The molecule has 55 heavy (non-hydrogen) atoms. The first-order chi connectivity index (χ1) is 25.5. The molecule has 0 saturated carbocycles. The first-order valence-electron chi connectivity index (χ1n) is 16.7. The van der Waals surface area contributed by atoms with Gasteiger partial charge in [0.05, 0.1) is 29.8 Å². The van der Waals surface area contributed by atoms with Crippen molar-refractivity contribution in [3.05, 3.63) is 117 Å². The Balaban J connectivity index is 0.00000673. The molecule has 0 aliphatic carbocycles. The Labute approximate surface area is 328 Å². The van der Waals surface area contributed by atoms with Crippen LogP contribution in [0.2, 0.25) is 0 Å². The fraction of sp³-hybridized carbons (Fsp3) is 0.316. The SMILES string of the molecule is Cc1cc(C)c(OC(=O)CCC(C)N)c(C[n+]2cnn(CC(OC(=O)C(F)(F)F)(c3ccc(F)cc3F)C(C)c3nc(-c4ccc(C#N)cc4)cs3)c2)c1.[Br-]. The monoisotopic (exact) mass is 846 g/mol. The highest BCUT2D eigenvalue weighted by Gasteiger charge is 2.53. The first-order valence-corrected chi connectivity index (χ1v) is 17.6. The maximum atomic E-state index is 15.8. The maximum absolute atomic E-state index is 15.8. The molecule has 0 aliphatic rings. The molecule has 290 valence electrons. The van der Waals surface area contributed by atoms with E-state index in [9.17, 15) is 27.2 Å². The minimum absolute atomic E-state index is 0. The van der Waals surface area contributed by atoms with Crippen molar-refractivity contribution >= 4 is 23.3 Å². The highest BCUT2D eigenvalue weighted by molar-refractivity contribution is 7.10. The van der Waals surface area contributed by atoms with Crippen molar-refractivity contribution in [1.29, 1.82) is 5.26 Å². The number of benzene rings is 3. The van der Waals surface area contributed by atoms with Crippen molar-refractivity contribution < 1.29 is 62.6 Å². The summed E-state index contributed by atoms with van der Waals surface area (Å²) >= 11 is 1.03. The lowest BCUT2D eigenvalue weighted by Gasteiger charge is -2.36.